The molecule has 0 aromatic rings. The molecule has 2 N–H and O–H groups in total. The largest absolute Gasteiger partial charge is 0.550 e. The quantitative estimate of drug-likeness (QED) is 0.438. The third kappa shape index (κ3) is 30.0. The van der Waals surface area contributed by atoms with Gasteiger partial charge in [-0.2, -0.15) is 0 Å². The van der Waals surface area contributed by atoms with Gasteiger partial charge in [0.2, 0.25) is 0 Å². The monoisotopic (exact) mass is 329 g/mol. The summed E-state index contributed by atoms with van der Waals surface area (Å²) in [6.07, 6.45) is 19.0. The van der Waals surface area contributed by atoms with Gasteiger partial charge < -0.3 is 15.2 Å². The molecule has 0 aliphatic rings. The van der Waals surface area contributed by atoms with E-state index < -0.39 is 5.97 Å². The number of rotatable bonds is 16. The predicted octanol–water partition coefficient (Wildman–Crippen LogP) is 3.81. The lowest BCUT2D eigenvalue weighted by Crippen LogP contribution is -2.79. The maximum absolute atomic E-state index is 9.76. The molecular formula is C20H43NO2. The van der Waals surface area contributed by atoms with Gasteiger partial charge in [0.1, 0.15) is 0 Å². The summed E-state index contributed by atoms with van der Waals surface area (Å²) >= 11 is 0. The summed E-state index contributed by atoms with van der Waals surface area (Å²) in [6.45, 7) is 5.64. The first-order valence-electron chi connectivity index (χ1n) is 10.2. The highest BCUT2D eigenvalue weighted by Gasteiger charge is 1.92. The van der Waals surface area contributed by atoms with Gasteiger partial charge in [-0.1, -0.05) is 84.5 Å². The minimum Gasteiger partial charge on any atom is -0.550 e. The minimum absolute atomic E-state index is 0.216. The van der Waals surface area contributed by atoms with Crippen molar-refractivity contribution in [2.45, 2.75) is 110 Å². The van der Waals surface area contributed by atoms with Gasteiger partial charge >= 0.3 is 0 Å². The Morgan fingerprint density at radius 2 is 1.09 bits per heavy atom. The zero-order chi connectivity index (χ0) is 17.6. The smallest absolute Gasteiger partial charge is 0.0753 e. The number of carboxylic acid groups (broad SMARTS) is 1. The van der Waals surface area contributed by atoms with E-state index in [0.717, 1.165) is 19.3 Å². The number of carboxylic acids is 1. The van der Waals surface area contributed by atoms with E-state index in [2.05, 4.69) is 19.3 Å². The van der Waals surface area contributed by atoms with Crippen LogP contribution in [0.5, 0.6) is 0 Å². The van der Waals surface area contributed by atoms with Gasteiger partial charge in [-0.3, -0.25) is 0 Å². The molecule has 0 fully saturated rings. The number of carbonyl (C=O) groups is 1. The molecule has 140 valence electrons. The summed E-state index contributed by atoms with van der Waals surface area (Å²) in [5, 5.41) is 12.0. The lowest BCUT2D eigenvalue weighted by Gasteiger charge is -2.01. The fourth-order valence-corrected chi connectivity index (χ4v) is 2.53. The van der Waals surface area contributed by atoms with Crippen LogP contribution in [0.3, 0.4) is 0 Å². The van der Waals surface area contributed by atoms with E-state index in [9.17, 15) is 9.90 Å². The molecule has 3 heteroatoms. The van der Waals surface area contributed by atoms with Crippen LogP contribution in [-0.4, -0.2) is 19.6 Å². The van der Waals surface area contributed by atoms with Crippen molar-refractivity contribution in [2.24, 2.45) is 0 Å². The van der Waals surface area contributed by atoms with Crippen LogP contribution in [0.1, 0.15) is 110 Å². The number of carbonyl (C=O) groups excluding carboxylic acids is 1. The number of hydrogen-bond donors (Lipinski definition) is 1. The molecule has 0 heterocycles. The van der Waals surface area contributed by atoms with Crippen molar-refractivity contribution in [3.05, 3.63) is 0 Å². The molecule has 0 saturated heterocycles. The average molecular weight is 330 g/mol. The summed E-state index contributed by atoms with van der Waals surface area (Å²) in [5.74, 6) is -0.932. The van der Waals surface area contributed by atoms with E-state index in [1.54, 1.807) is 0 Å². The summed E-state index contributed by atoms with van der Waals surface area (Å²) < 4.78 is 0. The fourth-order valence-electron chi connectivity index (χ4n) is 2.53. The molecule has 3 nitrogen and oxygen atoms in total. The zero-order valence-corrected chi connectivity index (χ0v) is 16.2. The van der Waals surface area contributed by atoms with E-state index in [0.29, 0.717) is 0 Å². The molecule has 0 unspecified atom stereocenters. The Morgan fingerprint density at radius 3 is 1.48 bits per heavy atom. The predicted molar refractivity (Wildman–Crippen MR) is 98.3 cm³/mol. The van der Waals surface area contributed by atoms with Gasteiger partial charge in [-0.05, 0) is 25.7 Å². The van der Waals surface area contributed by atoms with Crippen LogP contribution < -0.4 is 10.4 Å². The number of aliphatic carboxylic acids is 1. The first kappa shape index (κ1) is 24.7. The highest BCUT2D eigenvalue weighted by atomic mass is 16.4. The van der Waals surface area contributed by atoms with Crippen molar-refractivity contribution in [1.82, 2.24) is 0 Å². The molecule has 23 heavy (non-hydrogen) atoms. The van der Waals surface area contributed by atoms with E-state index >= 15 is 0 Å². The lowest BCUT2D eigenvalue weighted by molar-refractivity contribution is -0.627. The van der Waals surface area contributed by atoms with Gasteiger partial charge in [-0.25, -0.2) is 0 Å². The Bertz CT molecular complexity index is 208. The van der Waals surface area contributed by atoms with Gasteiger partial charge in [0, 0.05) is 5.97 Å². The number of quaternary nitrogens is 1. The first-order valence-corrected chi connectivity index (χ1v) is 10.2. The van der Waals surface area contributed by atoms with Gasteiger partial charge in [0.15, 0.2) is 0 Å². The summed E-state index contributed by atoms with van der Waals surface area (Å²) in [4.78, 5) is 9.76. The fraction of sp³-hybridized carbons (Fsp3) is 0.950. The Morgan fingerprint density at radius 1 is 0.696 bits per heavy atom. The van der Waals surface area contributed by atoms with Crippen molar-refractivity contribution in [3.63, 3.8) is 0 Å². The van der Waals surface area contributed by atoms with E-state index in [-0.39, 0.29) is 6.42 Å². The molecule has 0 saturated carbocycles. The van der Waals surface area contributed by atoms with E-state index in [4.69, 9.17) is 0 Å². The highest BCUT2D eigenvalue weighted by molar-refractivity contribution is 5.63. The Kier molecular flexibility index (Phi) is 25.4. The molecule has 0 aromatic heterocycles. The summed E-state index contributed by atoms with van der Waals surface area (Å²) in [6, 6.07) is 0. The van der Waals surface area contributed by atoms with Crippen molar-refractivity contribution in [2.75, 3.05) is 13.6 Å². The van der Waals surface area contributed by atoms with Crippen LogP contribution in [0.15, 0.2) is 0 Å². The molecule has 0 rings (SSSR count). The second kappa shape index (κ2) is 23.7. The molecule has 0 bridgehead atoms. The molecule has 0 radical (unpaired) electrons. The van der Waals surface area contributed by atoms with E-state index in [1.165, 1.54) is 77.2 Å². The van der Waals surface area contributed by atoms with Crippen molar-refractivity contribution in [3.8, 4) is 0 Å². The van der Waals surface area contributed by atoms with E-state index in [1.807, 2.05) is 6.92 Å². The van der Waals surface area contributed by atoms with Gasteiger partial charge in [0.25, 0.3) is 0 Å². The third-order valence-corrected chi connectivity index (χ3v) is 4.08. The molecule has 0 aromatic carbocycles. The summed E-state index contributed by atoms with van der Waals surface area (Å²) in [5.41, 5.74) is 0. The molecule has 0 atom stereocenters. The molecule has 0 aliphatic carbocycles. The standard InChI is InChI=1S/C14H31N.C6H12O2/c1-3-4-5-6-7-8-9-10-11-12-13-14-15-2;1-2-3-4-5-6(7)8/h15H,3-14H2,1-2H3;2-5H2,1H3,(H,7,8). The molecule has 0 amide bonds. The first-order chi connectivity index (χ1) is 11.2. The van der Waals surface area contributed by atoms with Gasteiger partial charge in [0.05, 0.1) is 13.6 Å². The Balaban J connectivity index is 0. The maximum atomic E-state index is 9.76. The SMILES string of the molecule is CCCCCC(=O)[O-].CCCCCCCCCCCCC[NH2+]C. The number of unbranched alkanes of at least 4 members (excludes halogenated alkanes) is 12. The van der Waals surface area contributed by atoms with Crippen LogP contribution in [0.25, 0.3) is 0 Å². The highest BCUT2D eigenvalue weighted by Crippen LogP contribution is 2.10. The van der Waals surface area contributed by atoms with Crippen molar-refractivity contribution in [1.29, 1.82) is 0 Å². The van der Waals surface area contributed by atoms with Gasteiger partial charge in [-0.15, -0.1) is 0 Å². The molecule has 0 spiro atoms. The molecular weight excluding hydrogens is 286 g/mol. The second-order valence-electron chi connectivity index (χ2n) is 6.56. The zero-order valence-electron chi connectivity index (χ0n) is 16.2. The second-order valence-corrected chi connectivity index (χ2v) is 6.56. The number of hydrogen-bond acceptors (Lipinski definition) is 2. The van der Waals surface area contributed by atoms with Crippen LogP contribution in [0, 0.1) is 0 Å². The average Bonchev–Trinajstić information content (AvgIpc) is 2.53. The topological polar surface area (TPSA) is 56.7 Å². The van der Waals surface area contributed by atoms with Crippen LogP contribution >= 0.6 is 0 Å². The minimum atomic E-state index is -0.932. The Hall–Kier alpha value is -0.570. The van der Waals surface area contributed by atoms with Crippen LogP contribution in [0.4, 0.5) is 0 Å². The van der Waals surface area contributed by atoms with Crippen molar-refractivity contribution < 1.29 is 15.2 Å². The summed E-state index contributed by atoms with van der Waals surface area (Å²) in [7, 11) is 2.16. The van der Waals surface area contributed by atoms with Crippen LogP contribution in [0.2, 0.25) is 0 Å². The van der Waals surface area contributed by atoms with Crippen LogP contribution in [-0.2, 0) is 4.79 Å². The third-order valence-electron chi connectivity index (χ3n) is 4.08. The van der Waals surface area contributed by atoms with Crippen molar-refractivity contribution >= 4 is 5.97 Å². The maximum Gasteiger partial charge on any atom is 0.0753 e. The molecule has 0 aliphatic heterocycles. The number of nitrogens with two attached hydrogens (primary N) is 1. The normalized spacial score (nSPS) is 10.2. The Labute approximate surface area is 145 Å². The lowest BCUT2D eigenvalue weighted by atomic mass is 10.1.